The van der Waals surface area contributed by atoms with Crippen molar-refractivity contribution in [2.45, 2.75) is 37.8 Å². The second-order valence-corrected chi connectivity index (χ2v) is 12.3. The number of fused-ring (bicyclic) bond motifs is 2. The maximum atomic E-state index is 10.7. The molecule has 2 atom stereocenters. The number of rotatable bonds is 3. The van der Waals surface area contributed by atoms with Gasteiger partial charge in [-0.1, -0.05) is 18.2 Å². The van der Waals surface area contributed by atoms with Gasteiger partial charge in [0.2, 0.25) is 5.75 Å². The lowest BCUT2D eigenvalue weighted by Crippen LogP contribution is -2.34. The number of aromatic hydroxyl groups is 1. The number of hydrogen-bond acceptors (Lipinski definition) is 8. The summed E-state index contributed by atoms with van der Waals surface area (Å²) in [6.45, 7) is 1.82. The summed E-state index contributed by atoms with van der Waals surface area (Å²) >= 11 is 0. The molecule has 0 radical (unpaired) electrons. The minimum Gasteiger partial charge on any atom is -0.504 e. The van der Waals surface area contributed by atoms with E-state index < -0.39 is 0 Å². The average Bonchev–Trinajstić information content (AvgIpc) is 3.05. The molecule has 0 aliphatic carbocycles. The van der Waals surface area contributed by atoms with Gasteiger partial charge < -0.3 is 28.8 Å². The molecule has 8 nitrogen and oxygen atoms in total. The van der Waals surface area contributed by atoms with E-state index in [1.807, 2.05) is 24.3 Å². The summed E-state index contributed by atoms with van der Waals surface area (Å²) in [6.07, 6.45) is 3.25. The highest BCUT2D eigenvalue weighted by Gasteiger charge is 2.34. The predicted molar refractivity (Wildman–Crippen MR) is 173 cm³/mol. The van der Waals surface area contributed by atoms with Gasteiger partial charge in [0.15, 0.2) is 34.5 Å². The van der Waals surface area contributed by atoms with Gasteiger partial charge in [0.1, 0.15) is 5.75 Å². The van der Waals surface area contributed by atoms with Gasteiger partial charge in [0.05, 0.1) is 21.3 Å². The van der Waals surface area contributed by atoms with Crippen LogP contribution in [-0.2, 0) is 25.7 Å². The topological polar surface area (TPSA) is 72.9 Å². The van der Waals surface area contributed by atoms with E-state index in [-0.39, 0.29) is 17.8 Å². The summed E-state index contributed by atoms with van der Waals surface area (Å²) in [7, 11) is 9.33. The monoisotopic (exact) mass is 608 g/mol. The first kappa shape index (κ1) is 29.3. The molecule has 0 fully saturated rings. The Labute approximate surface area is 264 Å². The highest BCUT2D eigenvalue weighted by Crippen LogP contribution is 2.52. The average molecular weight is 609 g/mol. The zero-order chi connectivity index (χ0) is 31.2. The van der Waals surface area contributed by atoms with Crippen LogP contribution in [0, 0.1) is 0 Å². The molecule has 0 unspecified atom stereocenters. The fraction of sp³-hybridized carbons (Fsp3) is 0.351. The lowest BCUT2D eigenvalue weighted by Gasteiger charge is -2.37. The molecule has 1 N–H and O–H groups in total. The number of likely N-dealkylation sites (N-methyl/N-ethyl adjacent to an activating group) is 2. The number of phenolic OH excluding ortho intramolecular Hbond substituents is 1. The van der Waals surface area contributed by atoms with Gasteiger partial charge >= 0.3 is 0 Å². The fourth-order valence-corrected chi connectivity index (χ4v) is 7.11. The molecule has 8 rings (SSSR count). The molecule has 0 amide bonds. The molecule has 4 aliphatic heterocycles. The van der Waals surface area contributed by atoms with Crippen LogP contribution in [-0.4, -0.2) is 63.4 Å². The third-order valence-corrected chi connectivity index (χ3v) is 9.64. The first-order valence-corrected chi connectivity index (χ1v) is 15.5. The highest BCUT2D eigenvalue weighted by atomic mass is 16.5. The first-order valence-electron chi connectivity index (χ1n) is 15.5. The molecule has 4 aliphatic rings. The highest BCUT2D eigenvalue weighted by molar-refractivity contribution is 5.63. The molecule has 45 heavy (non-hydrogen) atoms. The van der Waals surface area contributed by atoms with Gasteiger partial charge in [0.25, 0.3) is 0 Å². The molecule has 6 bridgehead atoms. The van der Waals surface area contributed by atoms with Crippen molar-refractivity contribution in [1.29, 1.82) is 0 Å². The lowest BCUT2D eigenvalue weighted by atomic mass is 9.87. The van der Waals surface area contributed by atoms with Crippen LogP contribution in [0.5, 0.6) is 46.0 Å². The van der Waals surface area contributed by atoms with E-state index in [9.17, 15) is 5.11 Å². The summed E-state index contributed by atoms with van der Waals surface area (Å²) in [4.78, 5) is 4.75. The Morgan fingerprint density at radius 2 is 1.36 bits per heavy atom. The molecule has 234 valence electrons. The van der Waals surface area contributed by atoms with Crippen LogP contribution >= 0.6 is 0 Å². The smallest absolute Gasteiger partial charge is 0.204 e. The Kier molecular flexibility index (Phi) is 7.71. The maximum Gasteiger partial charge on any atom is 0.204 e. The van der Waals surface area contributed by atoms with Crippen LogP contribution in [0.15, 0.2) is 60.7 Å². The summed E-state index contributed by atoms with van der Waals surface area (Å²) in [5, 5.41) is 10.7. The number of methoxy groups -OCH3 is 3. The van der Waals surface area contributed by atoms with Crippen molar-refractivity contribution in [3.05, 3.63) is 94.0 Å². The molecule has 0 aromatic heterocycles. The molecule has 0 spiro atoms. The van der Waals surface area contributed by atoms with E-state index in [0.717, 1.165) is 49.0 Å². The van der Waals surface area contributed by atoms with Gasteiger partial charge in [-0.15, -0.1) is 0 Å². The minimum absolute atomic E-state index is 0.0402. The van der Waals surface area contributed by atoms with E-state index in [0.29, 0.717) is 46.7 Å². The van der Waals surface area contributed by atoms with Crippen LogP contribution in [0.1, 0.15) is 45.5 Å². The number of benzene rings is 4. The molecule has 8 heteroatoms. The fourth-order valence-electron chi connectivity index (χ4n) is 7.11. The maximum absolute atomic E-state index is 10.7. The van der Waals surface area contributed by atoms with E-state index in [1.54, 1.807) is 27.4 Å². The van der Waals surface area contributed by atoms with Crippen molar-refractivity contribution in [2.24, 2.45) is 0 Å². The van der Waals surface area contributed by atoms with Gasteiger partial charge in [0, 0.05) is 30.7 Å². The van der Waals surface area contributed by atoms with Crippen molar-refractivity contribution in [3.8, 4) is 46.0 Å². The first-order chi connectivity index (χ1) is 21.9. The van der Waals surface area contributed by atoms with Gasteiger partial charge in [-0.3, -0.25) is 9.80 Å². The number of phenols is 1. The zero-order valence-corrected chi connectivity index (χ0v) is 26.6. The Morgan fingerprint density at radius 3 is 2.09 bits per heavy atom. The van der Waals surface area contributed by atoms with Crippen LogP contribution < -0.4 is 23.7 Å². The molecule has 4 heterocycles. The van der Waals surface area contributed by atoms with Crippen molar-refractivity contribution in [3.63, 3.8) is 0 Å². The summed E-state index contributed by atoms with van der Waals surface area (Å²) in [5.41, 5.74) is 6.93. The van der Waals surface area contributed by atoms with Gasteiger partial charge in [-0.05, 0) is 110 Å². The summed E-state index contributed by atoms with van der Waals surface area (Å²) < 4.78 is 31.0. The van der Waals surface area contributed by atoms with Crippen molar-refractivity contribution in [1.82, 2.24) is 9.80 Å². The van der Waals surface area contributed by atoms with Crippen LogP contribution in [0.3, 0.4) is 0 Å². The molecule has 0 saturated carbocycles. The standard InChI is InChI=1S/C37H40N2O6/c1-38-14-12-24-19-32(41-3)33-21-27(24)28(38)16-22-6-9-26(10-7-22)44-31-18-23(8-11-30(31)40)17-29-35-25(13-15-39(29)2)20-34(42-4)36(43-5)37(35)45-33/h6-11,18-21,28-29,40H,12-17H2,1-5H3/t28-,29-/m0/s1. The van der Waals surface area contributed by atoms with Crippen molar-refractivity contribution >= 4 is 0 Å². The number of hydrogen-bond donors (Lipinski definition) is 1. The summed E-state index contributed by atoms with van der Waals surface area (Å²) in [6, 6.07) is 20.3. The summed E-state index contributed by atoms with van der Waals surface area (Å²) in [5.74, 6) is 4.37. The third-order valence-electron chi connectivity index (χ3n) is 9.64. The molecule has 4 aromatic rings. The molecule has 0 saturated heterocycles. The van der Waals surface area contributed by atoms with Crippen molar-refractivity contribution in [2.75, 3.05) is 48.5 Å². The molecular weight excluding hydrogens is 568 g/mol. The minimum atomic E-state index is -0.0402. The normalized spacial score (nSPS) is 19.4. The second kappa shape index (κ2) is 11.8. The van der Waals surface area contributed by atoms with Gasteiger partial charge in [-0.2, -0.15) is 0 Å². The largest absolute Gasteiger partial charge is 0.504 e. The second-order valence-electron chi connectivity index (χ2n) is 12.3. The Hall–Kier alpha value is -4.40. The van der Waals surface area contributed by atoms with E-state index in [2.05, 4.69) is 54.2 Å². The number of nitrogens with zero attached hydrogens (tertiary/aromatic N) is 2. The van der Waals surface area contributed by atoms with Crippen LogP contribution in [0.4, 0.5) is 0 Å². The Balaban J connectivity index is 1.47. The molecular formula is C37H40N2O6. The SMILES string of the molecule is COc1cc2c3cc1Oc1c(OC)c(OC)cc4c1[C@H](Cc1ccc(O)c(c1)Oc1ccc(cc1)C[C@@H]3N(C)CC2)N(C)CC4. The number of ether oxygens (including phenoxy) is 5. The lowest BCUT2D eigenvalue weighted by molar-refractivity contribution is 0.220. The molecule has 4 aromatic carbocycles. The zero-order valence-electron chi connectivity index (χ0n) is 26.6. The van der Waals surface area contributed by atoms with Crippen molar-refractivity contribution < 1.29 is 28.8 Å². The third kappa shape index (κ3) is 5.32. The van der Waals surface area contributed by atoms with E-state index >= 15 is 0 Å². The van der Waals surface area contributed by atoms with E-state index in [4.69, 9.17) is 23.7 Å². The quantitative estimate of drug-likeness (QED) is 0.271. The van der Waals surface area contributed by atoms with Crippen LogP contribution in [0.2, 0.25) is 0 Å². The van der Waals surface area contributed by atoms with Gasteiger partial charge in [-0.25, -0.2) is 0 Å². The van der Waals surface area contributed by atoms with E-state index in [1.165, 1.54) is 16.7 Å². The Morgan fingerprint density at radius 1 is 0.689 bits per heavy atom. The Bertz CT molecular complexity index is 1740. The predicted octanol–water partition coefficient (Wildman–Crippen LogP) is 6.86. The van der Waals surface area contributed by atoms with Crippen LogP contribution in [0.25, 0.3) is 0 Å².